The lowest BCUT2D eigenvalue weighted by Crippen LogP contribution is -2.26. The van der Waals surface area contributed by atoms with Crippen LogP contribution in [0.4, 0.5) is 5.95 Å². The number of nitrogens with zero attached hydrogens (tertiary/aromatic N) is 3. The van der Waals surface area contributed by atoms with Crippen LogP contribution in [-0.2, 0) is 6.54 Å². The van der Waals surface area contributed by atoms with Gasteiger partial charge in [-0.3, -0.25) is 4.79 Å². The number of ether oxygens (including phenoxy) is 1. The van der Waals surface area contributed by atoms with Crippen LogP contribution in [-0.4, -0.2) is 36.6 Å². The highest BCUT2D eigenvalue weighted by Gasteiger charge is 2.11. The highest BCUT2D eigenvalue weighted by molar-refractivity contribution is 5.92. The molecular formula is C18H24N4O2. The van der Waals surface area contributed by atoms with Gasteiger partial charge in [-0.2, -0.15) is 0 Å². The zero-order chi connectivity index (χ0) is 17.4. The van der Waals surface area contributed by atoms with Gasteiger partial charge in [0.2, 0.25) is 5.95 Å². The lowest BCUT2D eigenvalue weighted by molar-refractivity contribution is 0.0945. The Morgan fingerprint density at radius 1 is 1.29 bits per heavy atom. The Balaban J connectivity index is 2.02. The topological polar surface area (TPSA) is 67.4 Å². The van der Waals surface area contributed by atoms with Gasteiger partial charge in [-0.25, -0.2) is 9.97 Å². The molecule has 0 bridgehead atoms. The molecule has 128 valence electrons. The molecule has 1 aromatic carbocycles. The van der Waals surface area contributed by atoms with E-state index in [2.05, 4.69) is 22.2 Å². The Morgan fingerprint density at radius 3 is 2.83 bits per heavy atom. The molecule has 1 heterocycles. The lowest BCUT2D eigenvalue weighted by atomic mass is 10.2. The first-order valence-corrected chi connectivity index (χ1v) is 8.10. The first-order chi connectivity index (χ1) is 11.7. The number of para-hydroxylation sites is 1. The summed E-state index contributed by atoms with van der Waals surface area (Å²) in [6.45, 7) is 3.38. The minimum absolute atomic E-state index is 0.228. The van der Waals surface area contributed by atoms with Gasteiger partial charge in [-0.05, 0) is 18.6 Å². The predicted octanol–water partition coefficient (Wildman–Crippen LogP) is 2.65. The van der Waals surface area contributed by atoms with E-state index in [0.717, 1.165) is 30.7 Å². The maximum atomic E-state index is 12.3. The van der Waals surface area contributed by atoms with Crippen LogP contribution in [0, 0.1) is 0 Å². The number of aromatic nitrogens is 2. The van der Waals surface area contributed by atoms with Crippen molar-refractivity contribution in [3.05, 3.63) is 47.8 Å². The molecule has 0 fully saturated rings. The Kier molecular flexibility index (Phi) is 6.54. The third kappa shape index (κ3) is 4.68. The molecule has 1 N–H and O–H groups in total. The zero-order valence-corrected chi connectivity index (χ0v) is 14.5. The molecule has 24 heavy (non-hydrogen) atoms. The normalized spacial score (nSPS) is 10.3. The average Bonchev–Trinajstić information content (AvgIpc) is 2.64. The van der Waals surface area contributed by atoms with E-state index in [1.54, 1.807) is 19.4 Å². The number of carbonyl (C=O) groups is 1. The molecule has 2 rings (SSSR count). The number of unbranched alkanes of at least 4 members (excludes halogenated alkanes) is 1. The number of amides is 1. The quantitative estimate of drug-likeness (QED) is 0.807. The van der Waals surface area contributed by atoms with Gasteiger partial charge < -0.3 is 15.0 Å². The molecule has 2 aromatic rings. The SMILES string of the molecule is CCCCN(C)c1nccc(C(=O)NCc2ccccc2OC)n1. The summed E-state index contributed by atoms with van der Waals surface area (Å²) in [5.41, 5.74) is 1.28. The predicted molar refractivity (Wildman–Crippen MR) is 94.4 cm³/mol. The molecule has 0 saturated carbocycles. The Morgan fingerprint density at radius 2 is 2.08 bits per heavy atom. The maximum absolute atomic E-state index is 12.3. The van der Waals surface area contributed by atoms with Crippen molar-refractivity contribution in [2.75, 3.05) is 25.6 Å². The number of hydrogen-bond acceptors (Lipinski definition) is 5. The summed E-state index contributed by atoms with van der Waals surface area (Å²) < 4.78 is 5.29. The molecule has 0 spiro atoms. The summed E-state index contributed by atoms with van der Waals surface area (Å²) in [5.74, 6) is 1.09. The van der Waals surface area contributed by atoms with Gasteiger partial charge in [0.05, 0.1) is 7.11 Å². The summed E-state index contributed by atoms with van der Waals surface area (Å²) in [4.78, 5) is 22.9. The molecule has 6 heteroatoms. The molecule has 0 saturated heterocycles. The molecule has 0 atom stereocenters. The van der Waals surface area contributed by atoms with E-state index in [9.17, 15) is 4.79 Å². The average molecular weight is 328 g/mol. The molecule has 0 aliphatic heterocycles. The fraction of sp³-hybridized carbons (Fsp3) is 0.389. The number of methoxy groups -OCH3 is 1. The summed E-state index contributed by atoms with van der Waals surface area (Å²) in [7, 11) is 3.55. The number of rotatable bonds is 8. The van der Waals surface area contributed by atoms with Crippen molar-refractivity contribution >= 4 is 11.9 Å². The second-order valence-corrected chi connectivity index (χ2v) is 5.51. The second-order valence-electron chi connectivity index (χ2n) is 5.51. The van der Waals surface area contributed by atoms with E-state index in [-0.39, 0.29) is 5.91 Å². The van der Waals surface area contributed by atoms with Crippen LogP contribution in [0.1, 0.15) is 35.8 Å². The highest BCUT2D eigenvalue weighted by atomic mass is 16.5. The minimum Gasteiger partial charge on any atom is -0.496 e. The fourth-order valence-electron chi connectivity index (χ4n) is 2.27. The van der Waals surface area contributed by atoms with Crippen molar-refractivity contribution in [3.8, 4) is 5.75 Å². The van der Waals surface area contributed by atoms with Crippen molar-refractivity contribution in [2.45, 2.75) is 26.3 Å². The van der Waals surface area contributed by atoms with Crippen molar-refractivity contribution in [1.82, 2.24) is 15.3 Å². The Labute approximate surface area is 142 Å². The van der Waals surface area contributed by atoms with Crippen LogP contribution in [0.15, 0.2) is 36.5 Å². The van der Waals surface area contributed by atoms with Gasteiger partial charge in [0.15, 0.2) is 0 Å². The fourth-order valence-corrected chi connectivity index (χ4v) is 2.27. The molecule has 1 amide bonds. The summed E-state index contributed by atoms with van der Waals surface area (Å²) >= 11 is 0. The van der Waals surface area contributed by atoms with Crippen LogP contribution in [0.25, 0.3) is 0 Å². The van der Waals surface area contributed by atoms with Crippen molar-refractivity contribution in [2.24, 2.45) is 0 Å². The van der Waals surface area contributed by atoms with E-state index in [1.807, 2.05) is 36.2 Å². The van der Waals surface area contributed by atoms with Gasteiger partial charge in [-0.1, -0.05) is 31.5 Å². The highest BCUT2D eigenvalue weighted by Crippen LogP contribution is 2.17. The standard InChI is InChI=1S/C18H24N4O2/c1-4-5-12-22(2)18-19-11-10-15(21-18)17(23)20-13-14-8-6-7-9-16(14)24-3/h6-11H,4-5,12-13H2,1-3H3,(H,20,23). The first kappa shape index (κ1) is 17.7. The summed E-state index contributed by atoms with van der Waals surface area (Å²) in [5, 5.41) is 2.87. The van der Waals surface area contributed by atoms with Crippen LogP contribution < -0.4 is 15.0 Å². The molecule has 0 radical (unpaired) electrons. The molecule has 6 nitrogen and oxygen atoms in total. The Bertz CT molecular complexity index is 676. The monoisotopic (exact) mass is 328 g/mol. The van der Waals surface area contributed by atoms with Gasteiger partial charge >= 0.3 is 0 Å². The van der Waals surface area contributed by atoms with Crippen LogP contribution in [0.3, 0.4) is 0 Å². The number of anilines is 1. The summed E-state index contributed by atoms with van der Waals surface area (Å²) in [6, 6.07) is 9.22. The number of hydrogen-bond donors (Lipinski definition) is 1. The lowest BCUT2D eigenvalue weighted by Gasteiger charge is -2.16. The summed E-state index contributed by atoms with van der Waals surface area (Å²) in [6.07, 6.45) is 3.77. The van der Waals surface area contributed by atoms with E-state index >= 15 is 0 Å². The first-order valence-electron chi connectivity index (χ1n) is 8.10. The maximum Gasteiger partial charge on any atom is 0.270 e. The molecular weight excluding hydrogens is 304 g/mol. The molecule has 0 aliphatic carbocycles. The van der Waals surface area contributed by atoms with Gasteiger partial charge in [0.25, 0.3) is 5.91 Å². The van der Waals surface area contributed by atoms with Crippen molar-refractivity contribution in [3.63, 3.8) is 0 Å². The van der Waals surface area contributed by atoms with E-state index in [0.29, 0.717) is 18.2 Å². The Hall–Kier alpha value is -2.63. The van der Waals surface area contributed by atoms with Gasteiger partial charge in [-0.15, -0.1) is 0 Å². The third-order valence-corrected chi connectivity index (χ3v) is 3.70. The number of carbonyl (C=O) groups excluding carboxylic acids is 1. The van der Waals surface area contributed by atoms with Crippen molar-refractivity contribution < 1.29 is 9.53 Å². The van der Waals surface area contributed by atoms with Crippen LogP contribution >= 0.6 is 0 Å². The van der Waals surface area contributed by atoms with E-state index in [1.165, 1.54) is 0 Å². The minimum atomic E-state index is -0.228. The smallest absolute Gasteiger partial charge is 0.270 e. The van der Waals surface area contributed by atoms with E-state index in [4.69, 9.17) is 4.74 Å². The molecule has 0 unspecified atom stereocenters. The van der Waals surface area contributed by atoms with Crippen molar-refractivity contribution in [1.29, 1.82) is 0 Å². The van der Waals surface area contributed by atoms with Crippen LogP contribution in [0.2, 0.25) is 0 Å². The van der Waals surface area contributed by atoms with Crippen LogP contribution in [0.5, 0.6) is 5.75 Å². The van der Waals surface area contributed by atoms with Gasteiger partial charge in [0, 0.05) is 31.9 Å². The second kappa shape index (κ2) is 8.86. The number of nitrogens with one attached hydrogen (secondary N) is 1. The third-order valence-electron chi connectivity index (χ3n) is 3.70. The van der Waals surface area contributed by atoms with Gasteiger partial charge in [0.1, 0.15) is 11.4 Å². The largest absolute Gasteiger partial charge is 0.496 e. The zero-order valence-electron chi connectivity index (χ0n) is 14.5. The van der Waals surface area contributed by atoms with E-state index < -0.39 is 0 Å². The molecule has 1 aromatic heterocycles. The molecule has 0 aliphatic rings. The number of benzene rings is 1.